The first kappa shape index (κ1) is 20.1. The van der Waals surface area contributed by atoms with Gasteiger partial charge in [0.15, 0.2) is 6.10 Å². The topological polar surface area (TPSA) is 102 Å². The molecule has 1 amide bonds. The second-order valence-corrected chi connectivity index (χ2v) is 7.23. The molecule has 24 heavy (non-hydrogen) atoms. The summed E-state index contributed by atoms with van der Waals surface area (Å²) >= 11 is 0. The first-order valence-corrected chi connectivity index (χ1v) is 8.73. The molecule has 1 atom stereocenters. The van der Waals surface area contributed by atoms with Gasteiger partial charge in [0.1, 0.15) is 6.61 Å². The number of carbonyl (C=O) groups is 2. The van der Waals surface area contributed by atoms with E-state index in [9.17, 15) is 18.0 Å². The zero-order chi connectivity index (χ0) is 18.3. The van der Waals surface area contributed by atoms with Crippen LogP contribution in [-0.4, -0.2) is 58.0 Å². The summed E-state index contributed by atoms with van der Waals surface area (Å²) in [6.07, 6.45) is -1.04. The van der Waals surface area contributed by atoms with Gasteiger partial charge in [-0.2, -0.15) is 0 Å². The standard InChI is InChI=1S/C15H22N2O6S/c1-5-22-10-14(18)23-11(2)15(19)16-12-7-6-8-13(9-12)24(20,21)17(3)4/h6-9,11H,5,10H2,1-4H3,(H,16,19)/t11-/m1/s1. The third-order valence-electron chi connectivity index (χ3n) is 2.98. The maximum atomic E-state index is 12.1. The molecule has 0 saturated heterocycles. The van der Waals surface area contributed by atoms with Gasteiger partial charge in [-0.25, -0.2) is 17.5 Å². The summed E-state index contributed by atoms with van der Waals surface area (Å²) in [5, 5.41) is 2.51. The van der Waals surface area contributed by atoms with E-state index in [4.69, 9.17) is 9.47 Å². The van der Waals surface area contributed by atoms with Crippen molar-refractivity contribution >= 4 is 27.6 Å². The summed E-state index contributed by atoms with van der Waals surface area (Å²) in [5.74, 6) is -1.22. The second kappa shape index (κ2) is 8.76. The van der Waals surface area contributed by atoms with Crippen LogP contribution in [0.25, 0.3) is 0 Å². The van der Waals surface area contributed by atoms with Gasteiger partial charge in [-0.15, -0.1) is 0 Å². The zero-order valence-corrected chi connectivity index (χ0v) is 14.9. The number of rotatable bonds is 8. The van der Waals surface area contributed by atoms with Crippen LogP contribution >= 0.6 is 0 Å². The normalized spacial score (nSPS) is 12.7. The van der Waals surface area contributed by atoms with Crippen molar-refractivity contribution in [2.45, 2.75) is 24.8 Å². The molecule has 0 saturated carbocycles. The van der Waals surface area contributed by atoms with E-state index in [1.54, 1.807) is 13.0 Å². The van der Waals surface area contributed by atoms with Crippen molar-refractivity contribution in [3.8, 4) is 0 Å². The Labute approximate surface area is 141 Å². The van der Waals surface area contributed by atoms with E-state index in [-0.39, 0.29) is 17.2 Å². The van der Waals surface area contributed by atoms with E-state index in [1.807, 2.05) is 0 Å². The Bertz CT molecular complexity index is 687. The smallest absolute Gasteiger partial charge is 0.332 e. The van der Waals surface area contributed by atoms with Gasteiger partial charge >= 0.3 is 5.97 Å². The van der Waals surface area contributed by atoms with Crippen LogP contribution in [0.2, 0.25) is 0 Å². The highest BCUT2D eigenvalue weighted by molar-refractivity contribution is 7.89. The van der Waals surface area contributed by atoms with Gasteiger partial charge in [-0.1, -0.05) is 6.07 Å². The van der Waals surface area contributed by atoms with E-state index in [1.165, 1.54) is 39.2 Å². The Morgan fingerprint density at radius 1 is 1.29 bits per heavy atom. The summed E-state index contributed by atoms with van der Waals surface area (Å²) in [6, 6.07) is 5.82. The summed E-state index contributed by atoms with van der Waals surface area (Å²) in [5.41, 5.74) is 0.288. The van der Waals surface area contributed by atoms with E-state index < -0.39 is 28.0 Å². The van der Waals surface area contributed by atoms with Crippen LogP contribution in [0.4, 0.5) is 5.69 Å². The highest BCUT2D eigenvalue weighted by Gasteiger charge is 2.20. The van der Waals surface area contributed by atoms with Gasteiger partial charge in [-0.3, -0.25) is 4.79 Å². The predicted octanol–water partition coefficient (Wildman–Crippen LogP) is 0.844. The Morgan fingerprint density at radius 2 is 1.96 bits per heavy atom. The molecule has 0 aliphatic carbocycles. The number of nitrogens with one attached hydrogen (secondary N) is 1. The van der Waals surface area contributed by atoms with Gasteiger partial charge in [-0.05, 0) is 32.0 Å². The molecule has 0 radical (unpaired) electrons. The number of sulfonamides is 1. The molecule has 0 aromatic heterocycles. The number of benzene rings is 1. The molecule has 0 heterocycles. The van der Waals surface area contributed by atoms with Gasteiger partial charge < -0.3 is 14.8 Å². The Morgan fingerprint density at radius 3 is 2.54 bits per heavy atom. The molecular weight excluding hydrogens is 336 g/mol. The largest absolute Gasteiger partial charge is 0.451 e. The zero-order valence-electron chi connectivity index (χ0n) is 14.1. The lowest BCUT2D eigenvalue weighted by molar-refractivity contribution is -0.157. The van der Waals surface area contributed by atoms with Crippen molar-refractivity contribution in [2.24, 2.45) is 0 Å². The molecule has 8 nitrogen and oxygen atoms in total. The first-order valence-electron chi connectivity index (χ1n) is 7.29. The first-order chi connectivity index (χ1) is 11.2. The minimum atomic E-state index is -3.60. The number of carbonyl (C=O) groups excluding carboxylic acids is 2. The van der Waals surface area contributed by atoms with Gasteiger partial charge in [0, 0.05) is 26.4 Å². The Kier molecular flexibility index (Phi) is 7.33. The summed E-state index contributed by atoms with van der Waals surface area (Å²) in [4.78, 5) is 23.5. The quantitative estimate of drug-likeness (QED) is 0.691. The number of amides is 1. The fourth-order valence-corrected chi connectivity index (χ4v) is 2.61. The molecule has 0 aliphatic heterocycles. The summed E-state index contributed by atoms with van der Waals surface area (Å²) < 4.78 is 35.0. The van der Waals surface area contributed by atoms with Crippen molar-refractivity contribution in [3.05, 3.63) is 24.3 Å². The lowest BCUT2D eigenvalue weighted by atomic mass is 10.3. The molecule has 1 rings (SSSR count). The predicted molar refractivity (Wildman–Crippen MR) is 88.0 cm³/mol. The third-order valence-corrected chi connectivity index (χ3v) is 4.79. The Hall–Kier alpha value is -1.97. The molecule has 0 spiro atoms. The lowest BCUT2D eigenvalue weighted by Gasteiger charge is -2.15. The lowest BCUT2D eigenvalue weighted by Crippen LogP contribution is -2.31. The molecule has 1 N–H and O–H groups in total. The van der Waals surface area contributed by atoms with Crippen molar-refractivity contribution in [3.63, 3.8) is 0 Å². The highest BCUT2D eigenvalue weighted by Crippen LogP contribution is 2.18. The summed E-state index contributed by atoms with van der Waals surface area (Å²) in [7, 11) is -0.770. The van der Waals surface area contributed by atoms with Crippen molar-refractivity contribution < 1.29 is 27.5 Å². The molecule has 9 heteroatoms. The van der Waals surface area contributed by atoms with Crippen LogP contribution in [0.1, 0.15) is 13.8 Å². The van der Waals surface area contributed by atoms with Gasteiger partial charge in [0.25, 0.3) is 5.91 Å². The van der Waals surface area contributed by atoms with Crippen molar-refractivity contribution in [1.29, 1.82) is 0 Å². The minimum absolute atomic E-state index is 0.0475. The van der Waals surface area contributed by atoms with Crippen LogP contribution < -0.4 is 5.32 Å². The van der Waals surface area contributed by atoms with E-state index >= 15 is 0 Å². The molecule has 1 aromatic rings. The SMILES string of the molecule is CCOCC(=O)O[C@H](C)C(=O)Nc1cccc(S(=O)(=O)N(C)C)c1. The van der Waals surface area contributed by atoms with E-state index in [0.29, 0.717) is 6.61 Å². The average Bonchev–Trinajstić information content (AvgIpc) is 2.52. The minimum Gasteiger partial charge on any atom is -0.451 e. The van der Waals surface area contributed by atoms with Crippen LogP contribution in [0.15, 0.2) is 29.2 Å². The highest BCUT2D eigenvalue weighted by atomic mass is 32.2. The van der Waals surface area contributed by atoms with E-state index in [0.717, 1.165) is 4.31 Å². The monoisotopic (exact) mass is 358 g/mol. The Balaban J connectivity index is 2.76. The number of anilines is 1. The average molecular weight is 358 g/mol. The maximum absolute atomic E-state index is 12.1. The third kappa shape index (κ3) is 5.59. The maximum Gasteiger partial charge on any atom is 0.332 e. The van der Waals surface area contributed by atoms with Gasteiger partial charge in [0.2, 0.25) is 10.0 Å². The van der Waals surface area contributed by atoms with Crippen molar-refractivity contribution in [2.75, 3.05) is 32.6 Å². The number of ether oxygens (including phenoxy) is 2. The van der Waals surface area contributed by atoms with E-state index in [2.05, 4.69) is 5.32 Å². The fraction of sp³-hybridized carbons (Fsp3) is 0.467. The molecule has 0 bridgehead atoms. The second-order valence-electron chi connectivity index (χ2n) is 5.07. The molecule has 134 valence electrons. The molecular formula is C15H22N2O6S. The summed E-state index contributed by atoms with van der Waals surface area (Å²) in [6.45, 7) is 3.28. The molecule has 0 unspecified atom stereocenters. The number of esters is 1. The number of hydrogen-bond acceptors (Lipinski definition) is 6. The number of hydrogen-bond donors (Lipinski definition) is 1. The van der Waals surface area contributed by atoms with Crippen LogP contribution in [0.3, 0.4) is 0 Å². The van der Waals surface area contributed by atoms with Crippen molar-refractivity contribution in [1.82, 2.24) is 4.31 Å². The van der Waals surface area contributed by atoms with Crippen LogP contribution in [0, 0.1) is 0 Å². The van der Waals surface area contributed by atoms with Crippen LogP contribution in [0.5, 0.6) is 0 Å². The van der Waals surface area contributed by atoms with Gasteiger partial charge in [0.05, 0.1) is 4.90 Å². The molecule has 1 aromatic carbocycles. The fourth-order valence-electron chi connectivity index (χ4n) is 1.66. The molecule has 0 fully saturated rings. The molecule has 0 aliphatic rings. The number of nitrogens with zero attached hydrogens (tertiary/aromatic N) is 1. The van der Waals surface area contributed by atoms with Crippen LogP contribution in [-0.2, 0) is 29.1 Å².